The summed E-state index contributed by atoms with van der Waals surface area (Å²) in [5.74, 6) is 0.0868. The van der Waals surface area contributed by atoms with Crippen LogP contribution in [0.25, 0.3) is 0 Å². The normalized spacial score (nSPS) is 22.9. The minimum atomic E-state index is -0.524. The van der Waals surface area contributed by atoms with Crippen molar-refractivity contribution in [2.45, 2.75) is 25.1 Å². The predicted octanol–water partition coefficient (Wildman–Crippen LogP) is 1.86. The number of carbonyl (C=O) groups excluding carboxylic acids is 1. The van der Waals surface area contributed by atoms with Gasteiger partial charge in [0.25, 0.3) is 0 Å². The lowest BCUT2D eigenvalue weighted by Crippen LogP contribution is -2.54. The van der Waals surface area contributed by atoms with E-state index in [1.165, 1.54) is 5.56 Å². The van der Waals surface area contributed by atoms with Gasteiger partial charge in [0, 0.05) is 25.7 Å². The Morgan fingerprint density at radius 2 is 1.88 bits per heavy atom. The van der Waals surface area contributed by atoms with Crippen molar-refractivity contribution in [1.29, 1.82) is 5.26 Å². The van der Waals surface area contributed by atoms with Crippen LogP contribution in [0.15, 0.2) is 48.5 Å². The van der Waals surface area contributed by atoms with E-state index in [0.717, 1.165) is 24.1 Å². The maximum absolute atomic E-state index is 12.6. The Morgan fingerprint density at radius 1 is 1.12 bits per heavy atom. The Balaban J connectivity index is 1.39. The van der Waals surface area contributed by atoms with Crippen LogP contribution < -0.4 is 0 Å². The molecular formula is C21H21N3O2. The molecule has 132 valence electrons. The molecule has 2 aliphatic rings. The summed E-state index contributed by atoms with van der Waals surface area (Å²) in [6, 6.07) is 17.4. The van der Waals surface area contributed by atoms with Crippen LogP contribution in [0, 0.1) is 11.3 Å². The Bertz CT molecular complexity index is 856. The van der Waals surface area contributed by atoms with Crippen LogP contribution in [-0.2, 0) is 17.8 Å². The molecular weight excluding hydrogens is 326 g/mol. The van der Waals surface area contributed by atoms with Gasteiger partial charge in [-0.1, -0.05) is 36.4 Å². The monoisotopic (exact) mass is 347 g/mol. The topological polar surface area (TPSA) is 67.6 Å². The lowest BCUT2D eigenvalue weighted by molar-refractivity contribution is -0.138. The van der Waals surface area contributed by atoms with Crippen LogP contribution in [0.5, 0.6) is 0 Å². The summed E-state index contributed by atoms with van der Waals surface area (Å²) in [6.07, 6.45) is 0.268. The fourth-order valence-corrected chi connectivity index (χ4v) is 3.96. The highest BCUT2D eigenvalue weighted by Crippen LogP contribution is 2.34. The fraction of sp³-hybridized carbons (Fsp3) is 0.333. The maximum Gasteiger partial charge on any atom is 0.237 e. The van der Waals surface area contributed by atoms with Crippen molar-refractivity contribution in [3.8, 4) is 6.07 Å². The number of aliphatic hydroxyl groups is 1. The average molecular weight is 347 g/mol. The van der Waals surface area contributed by atoms with E-state index < -0.39 is 6.10 Å². The molecule has 1 saturated heterocycles. The second kappa shape index (κ2) is 6.91. The van der Waals surface area contributed by atoms with Crippen LogP contribution >= 0.6 is 0 Å². The molecule has 1 fully saturated rings. The van der Waals surface area contributed by atoms with Crippen LogP contribution in [0.3, 0.4) is 0 Å². The van der Waals surface area contributed by atoms with Gasteiger partial charge in [-0.3, -0.25) is 9.69 Å². The highest BCUT2D eigenvalue weighted by molar-refractivity contribution is 5.79. The van der Waals surface area contributed by atoms with Crippen LogP contribution in [-0.4, -0.2) is 46.5 Å². The van der Waals surface area contributed by atoms with Crippen molar-refractivity contribution in [3.63, 3.8) is 0 Å². The van der Waals surface area contributed by atoms with Gasteiger partial charge in [0.05, 0.1) is 24.3 Å². The molecule has 1 aliphatic carbocycles. The van der Waals surface area contributed by atoms with Crippen molar-refractivity contribution >= 4 is 5.91 Å². The van der Waals surface area contributed by atoms with Gasteiger partial charge in [0.2, 0.25) is 5.91 Å². The lowest BCUT2D eigenvalue weighted by Gasteiger charge is -2.38. The summed E-state index contributed by atoms with van der Waals surface area (Å²) in [5.41, 5.74) is 3.82. The summed E-state index contributed by atoms with van der Waals surface area (Å²) in [7, 11) is 0. The average Bonchev–Trinajstić information content (AvgIpc) is 3.01. The number of fused-ring (bicyclic) bond motifs is 1. The molecule has 1 N–H and O–H groups in total. The molecule has 1 aliphatic heterocycles. The van der Waals surface area contributed by atoms with E-state index in [-0.39, 0.29) is 11.9 Å². The number of piperazine rings is 1. The van der Waals surface area contributed by atoms with Gasteiger partial charge in [-0.15, -0.1) is 0 Å². The SMILES string of the molecule is N#Cc1ccc(CN2CCN([C@H]3Cc4ccccc4[C@H]3O)CC2=O)cc1. The largest absolute Gasteiger partial charge is 0.387 e. The molecule has 1 amide bonds. The Morgan fingerprint density at radius 3 is 2.58 bits per heavy atom. The number of nitrogens with zero attached hydrogens (tertiary/aromatic N) is 3. The molecule has 0 saturated carbocycles. The zero-order chi connectivity index (χ0) is 18.1. The summed E-state index contributed by atoms with van der Waals surface area (Å²) in [6.45, 7) is 2.31. The molecule has 4 rings (SSSR count). The summed E-state index contributed by atoms with van der Waals surface area (Å²) in [5, 5.41) is 19.5. The van der Waals surface area contributed by atoms with Crippen LogP contribution in [0.2, 0.25) is 0 Å². The molecule has 26 heavy (non-hydrogen) atoms. The number of hydrogen-bond donors (Lipinski definition) is 1. The van der Waals surface area contributed by atoms with Crippen molar-refractivity contribution in [2.75, 3.05) is 19.6 Å². The second-order valence-corrected chi connectivity index (χ2v) is 7.01. The number of carbonyl (C=O) groups is 1. The van der Waals surface area contributed by atoms with Crippen molar-refractivity contribution < 1.29 is 9.90 Å². The maximum atomic E-state index is 12.6. The summed E-state index contributed by atoms with van der Waals surface area (Å²) >= 11 is 0. The molecule has 0 spiro atoms. The summed E-state index contributed by atoms with van der Waals surface area (Å²) < 4.78 is 0. The first-order valence-electron chi connectivity index (χ1n) is 8.92. The molecule has 2 aromatic carbocycles. The second-order valence-electron chi connectivity index (χ2n) is 7.01. The van der Waals surface area contributed by atoms with E-state index in [4.69, 9.17) is 5.26 Å². The fourth-order valence-electron chi connectivity index (χ4n) is 3.96. The van der Waals surface area contributed by atoms with E-state index in [1.807, 2.05) is 35.2 Å². The Labute approximate surface area is 153 Å². The first-order chi connectivity index (χ1) is 12.7. The zero-order valence-electron chi connectivity index (χ0n) is 14.5. The van der Waals surface area contributed by atoms with Gasteiger partial charge in [-0.2, -0.15) is 5.26 Å². The van der Waals surface area contributed by atoms with Crippen molar-refractivity contribution in [1.82, 2.24) is 9.80 Å². The van der Waals surface area contributed by atoms with Gasteiger partial charge in [0.1, 0.15) is 0 Å². The number of benzene rings is 2. The number of amides is 1. The molecule has 0 radical (unpaired) electrons. The molecule has 0 bridgehead atoms. The van der Waals surface area contributed by atoms with E-state index in [0.29, 0.717) is 25.2 Å². The molecule has 1 heterocycles. The highest BCUT2D eigenvalue weighted by atomic mass is 16.3. The van der Waals surface area contributed by atoms with Crippen molar-refractivity contribution in [3.05, 3.63) is 70.8 Å². The standard InChI is InChI=1S/C21H21N3O2/c22-12-15-5-7-16(8-6-15)13-24-10-9-23(14-20(24)25)19-11-17-3-1-2-4-18(17)21(19)26/h1-8,19,21,26H,9-11,13-14H2/t19-,21+/m0/s1. The highest BCUT2D eigenvalue weighted by Gasteiger charge is 2.38. The zero-order valence-corrected chi connectivity index (χ0v) is 14.5. The van der Waals surface area contributed by atoms with Crippen LogP contribution in [0.4, 0.5) is 0 Å². The minimum absolute atomic E-state index is 0.0200. The number of hydrogen-bond acceptors (Lipinski definition) is 4. The third-order valence-electron chi connectivity index (χ3n) is 5.44. The first-order valence-corrected chi connectivity index (χ1v) is 8.92. The van der Waals surface area contributed by atoms with Gasteiger partial charge in [-0.25, -0.2) is 0 Å². The smallest absolute Gasteiger partial charge is 0.237 e. The lowest BCUT2D eigenvalue weighted by atomic mass is 10.1. The third-order valence-corrected chi connectivity index (χ3v) is 5.44. The summed E-state index contributed by atoms with van der Waals surface area (Å²) in [4.78, 5) is 16.6. The van der Waals surface area contributed by atoms with E-state index in [9.17, 15) is 9.90 Å². The molecule has 2 aromatic rings. The number of rotatable bonds is 3. The minimum Gasteiger partial charge on any atom is -0.387 e. The molecule has 0 unspecified atom stereocenters. The van der Waals surface area contributed by atoms with E-state index in [2.05, 4.69) is 17.0 Å². The Kier molecular flexibility index (Phi) is 4.46. The first kappa shape index (κ1) is 16.8. The molecule has 0 aromatic heterocycles. The van der Waals surface area contributed by atoms with Crippen LogP contribution in [0.1, 0.15) is 28.4 Å². The molecule has 2 atom stereocenters. The molecule has 5 nitrogen and oxygen atoms in total. The Hall–Kier alpha value is -2.68. The predicted molar refractivity (Wildman–Crippen MR) is 97.0 cm³/mol. The number of aliphatic hydroxyl groups excluding tert-OH is 1. The third kappa shape index (κ3) is 3.10. The van der Waals surface area contributed by atoms with Crippen molar-refractivity contribution in [2.24, 2.45) is 0 Å². The van der Waals surface area contributed by atoms with Gasteiger partial charge >= 0.3 is 0 Å². The van der Waals surface area contributed by atoms with Gasteiger partial charge < -0.3 is 10.0 Å². The van der Waals surface area contributed by atoms with Gasteiger partial charge in [-0.05, 0) is 35.2 Å². The van der Waals surface area contributed by atoms with E-state index >= 15 is 0 Å². The van der Waals surface area contributed by atoms with E-state index in [1.54, 1.807) is 12.1 Å². The quantitative estimate of drug-likeness (QED) is 0.920. The number of nitriles is 1. The molecule has 5 heteroatoms. The van der Waals surface area contributed by atoms with Gasteiger partial charge in [0.15, 0.2) is 0 Å².